The minimum absolute atomic E-state index is 0.183. The van der Waals surface area contributed by atoms with E-state index in [1.54, 1.807) is 0 Å². The van der Waals surface area contributed by atoms with Crippen LogP contribution < -0.4 is 5.56 Å². The molecule has 0 radical (unpaired) electrons. The largest absolute Gasteiger partial charge is 0.292 e. The smallest absolute Gasteiger partial charge is 0.273 e. The molecule has 0 aliphatic heterocycles. The van der Waals surface area contributed by atoms with E-state index in [1.165, 1.54) is 0 Å². The number of nitrogens with zero attached hydrogens (tertiary/aromatic N) is 2. The van der Waals surface area contributed by atoms with Gasteiger partial charge in [-0.2, -0.15) is 0 Å². The average molecular weight is 229 g/mol. The quantitative estimate of drug-likeness (QED) is 0.725. The Kier molecular flexibility index (Phi) is 3.22. The van der Waals surface area contributed by atoms with Crippen LogP contribution in [0.15, 0.2) is 11.1 Å². The first-order chi connectivity index (χ1) is 6.02. The van der Waals surface area contributed by atoms with Crippen molar-refractivity contribution < 1.29 is 8.78 Å². The number of hydrogen-bond donors (Lipinski definition) is 0. The maximum absolute atomic E-state index is 11.9. The summed E-state index contributed by atoms with van der Waals surface area (Å²) >= 11 is 10.8. The van der Waals surface area contributed by atoms with Crippen LogP contribution in [-0.4, -0.2) is 16.0 Å². The first kappa shape index (κ1) is 10.4. The lowest BCUT2D eigenvalue weighted by atomic mass is 10.6. The second-order valence-corrected chi connectivity index (χ2v) is 2.93. The fourth-order valence-electron chi connectivity index (χ4n) is 0.723. The third-order valence-corrected chi connectivity index (χ3v) is 2.00. The summed E-state index contributed by atoms with van der Waals surface area (Å²) in [6, 6.07) is 0. The Morgan fingerprint density at radius 3 is 2.69 bits per heavy atom. The van der Waals surface area contributed by atoms with Gasteiger partial charge in [-0.3, -0.25) is 9.36 Å². The molecule has 0 fully saturated rings. The maximum atomic E-state index is 11.9. The SMILES string of the molecule is O=c1c(Cl)c(Cl)ncn1CC(F)F. The lowest BCUT2D eigenvalue weighted by Gasteiger charge is -2.04. The molecule has 1 rings (SSSR count). The van der Waals surface area contributed by atoms with Gasteiger partial charge in [-0.1, -0.05) is 23.2 Å². The highest BCUT2D eigenvalue weighted by molar-refractivity contribution is 6.40. The van der Waals surface area contributed by atoms with E-state index in [0.717, 1.165) is 6.33 Å². The molecule has 0 saturated heterocycles. The van der Waals surface area contributed by atoms with Crippen LogP contribution in [0.4, 0.5) is 8.78 Å². The molecule has 1 aromatic rings. The number of aromatic nitrogens is 2. The van der Waals surface area contributed by atoms with Crippen LogP contribution in [0.3, 0.4) is 0 Å². The van der Waals surface area contributed by atoms with Crippen molar-refractivity contribution >= 4 is 23.2 Å². The van der Waals surface area contributed by atoms with E-state index in [2.05, 4.69) is 4.98 Å². The third-order valence-electron chi connectivity index (χ3n) is 1.27. The van der Waals surface area contributed by atoms with Gasteiger partial charge in [0.2, 0.25) is 0 Å². The molecule has 0 bridgehead atoms. The topological polar surface area (TPSA) is 34.9 Å². The first-order valence-electron chi connectivity index (χ1n) is 3.21. The van der Waals surface area contributed by atoms with Crippen molar-refractivity contribution in [2.75, 3.05) is 0 Å². The summed E-state index contributed by atoms with van der Waals surface area (Å²) in [7, 11) is 0. The summed E-state index contributed by atoms with van der Waals surface area (Å²) in [4.78, 5) is 14.6. The summed E-state index contributed by atoms with van der Waals surface area (Å²) in [5.41, 5.74) is -0.762. The van der Waals surface area contributed by atoms with Crippen molar-refractivity contribution in [3.63, 3.8) is 0 Å². The van der Waals surface area contributed by atoms with Crippen molar-refractivity contribution in [1.82, 2.24) is 9.55 Å². The van der Waals surface area contributed by atoms with Gasteiger partial charge >= 0.3 is 0 Å². The summed E-state index contributed by atoms with van der Waals surface area (Å²) < 4.78 is 24.4. The van der Waals surface area contributed by atoms with Crippen molar-refractivity contribution in [3.05, 3.63) is 26.9 Å². The Bertz CT molecular complexity index is 366. The van der Waals surface area contributed by atoms with E-state index in [4.69, 9.17) is 23.2 Å². The second kappa shape index (κ2) is 4.02. The first-order valence-corrected chi connectivity index (χ1v) is 3.96. The Labute approximate surface area is 81.9 Å². The highest BCUT2D eigenvalue weighted by Gasteiger charge is 2.10. The van der Waals surface area contributed by atoms with Crippen LogP contribution in [0.2, 0.25) is 10.2 Å². The van der Waals surface area contributed by atoms with Crippen molar-refractivity contribution in [1.29, 1.82) is 0 Å². The van der Waals surface area contributed by atoms with E-state index in [1.807, 2.05) is 0 Å². The van der Waals surface area contributed by atoms with Crippen LogP contribution in [0.1, 0.15) is 0 Å². The predicted molar refractivity (Wildman–Crippen MR) is 44.5 cm³/mol. The molecule has 0 aliphatic rings. The Balaban J connectivity index is 3.12. The van der Waals surface area contributed by atoms with E-state index < -0.39 is 18.5 Å². The number of alkyl halides is 2. The lowest BCUT2D eigenvalue weighted by molar-refractivity contribution is 0.125. The average Bonchev–Trinajstić information content (AvgIpc) is 2.06. The molecule has 72 valence electrons. The van der Waals surface area contributed by atoms with Crippen molar-refractivity contribution in [2.45, 2.75) is 13.0 Å². The zero-order valence-corrected chi connectivity index (χ0v) is 7.69. The molecule has 0 N–H and O–H groups in total. The molecule has 0 aromatic carbocycles. The Morgan fingerprint density at radius 1 is 1.54 bits per heavy atom. The number of halogens is 4. The van der Waals surface area contributed by atoms with Gasteiger partial charge in [0.25, 0.3) is 12.0 Å². The maximum Gasteiger partial charge on any atom is 0.273 e. The molecule has 3 nitrogen and oxygen atoms in total. The third kappa shape index (κ3) is 2.38. The Hall–Kier alpha value is -0.680. The summed E-state index contributed by atoms with van der Waals surface area (Å²) in [6.07, 6.45) is -1.69. The number of rotatable bonds is 2. The zero-order chi connectivity index (χ0) is 10.0. The summed E-state index contributed by atoms with van der Waals surface area (Å²) in [6.45, 7) is -0.733. The molecule has 13 heavy (non-hydrogen) atoms. The van der Waals surface area contributed by atoms with Crippen LogP contribution in [0.25, 0.3) is 0 Å². The van der Waals surface area contributed by atoms with E-state index in [0.29, 0.717) is 4.57 Å². The van der Waals surface area contributed by atoms with Crippen LogP contribution in [0.5, 0.6) is 0 Å². The van der Waals surface area contributed by atoms with Gasteiger partial charge in [-0.05, 0) is 0 Å². The van der Waals surface area contributed by atoms with E-state index in [-0.39, 0.29) is 10.2 Å². The molecule has 7 heteroatoms. The van der Waals surface area contributed by atoms with Gasteiger partial charge in [0.05, 0.1) is 12.9 Å². The van der Waals surface area contributed by atoms with Crippen LogP contribution in [-0.2, 0) is 6.54 Å². The molecule has 0 aliphatic carbocycles. The highest BCUT2D eigenvalue weighted by atomic mass is 35.5. The standard InChI is InChI=1S/C6H4Cl2F2N2O/c7-4-5(8)11-2-12(6(4)13)1-3(9)10/h2-3H,1H2. The summed E-state index contributed by atoms with van der Waals surface area (Å²) in [5.74, 6) is 0. The highest BCUT2D eigenvalue weighted by Crippen LogP contribution is 2.12. The van der Waals surface area contributed by atoms with Crippen LogP contribution in [0, 0.1) is 0 Å². The molecule has 0 saturated carbocycles. The monoisotopic (exact) mass is 228 g/mol. The zero-order valence-electron chi connectivity index (χ0n) is 6.18. The van der Waals surface area contributed by atoms with Crippen molar-refractivity contribution in [3.8, 4) is 0 Å². The normalized spacial score (nSPS) is 10.8. The van der Waals surface area contributed by atoms with E-state index in [9.17, 15) is 13.6 Å². The fourth-order valence-corrected chi connectivity index (χ4v) is 1.00. The molecule has 1 aromatic heterocycles. The molecule has 0 spiro atoms. The van der Waals surface area contributed by atoms with Gasteiger partial charge < -0.3 is 0 Å². The second-order valence-electron chi connectivity index (χ2n) is 2.20. The lowest BCUT2D eigenvalue weighted by Crippen LogP contribution is -2.24. The molecular weight excluding hydrogens is 225 g/mol. The minimum atomic E-state index is -2.63. The number of hydrogen-bond acceptors (Lipinski definition) is 2. The van der Waals surface area contributed by atoms with Gasteiger partial charge in [0.1, 0.15) is 5.02 Å². The van der Waals surface area contributed by atoms with Gasteiger partial charge in [0.15, 0.2) is 5.15 Å². The molecular formula is C6H4Cl2F2N2O. The van der Waals surface area contributed by atoms with Gasteiger partial charge in [-0.25, -0.2) is 13.8 Å². The minimum Gasteiger partial charge on any atom is -0.292 e. The molecule has 0 amide bonds. The fraction of sp³-hybridized carbons (Fsp3) is 0.333. The predicted octanol–water partition coefficient (Wildman–Crippen LogP) is 1.82. The molecule has 1 heterocycles. The Morgan fingerprint density at radius 2 is 2.15 bits per heavy atom. The molecule has 0 atom stereocenters. The van der Waals surface area contributed by atoms with E-state index >= 15 is 0 Å². The molecule has 0 unspecified atom stereocenters. The van der Waals surface area contributed by atoms with Gasteiger partial charge in [-0.15, -0.1) is 0 Å². The van der Waals surface area contributed by atoms with Gasteiger partial charge in [0, 0.05) is 0 Å². The van der Waals surface area contributed by atoms with Crippen molar-refractivity contribution in [2.24, 2.45) is 0 Å². The van der Waals surface area contributed by atoms with Crippen LogP contribution >= 0.6 is 23.2 Å². The summed E-state index contributed by atoms with van der Waals surface area (Å²) in [5, 5.41) is -0.526.